The summed E-state index contributed by atoms with van der Waals surface area (Å²) in [6, 6.07) is 11.6. The molecule has 0 radical (unpaired) electrons. The van der Waals surface area contributed by atoms with Crippen LogP contribution >= 0.6 is 0 Å². The summed E-state index contributed by atoms with van der Waals surface area (Å²) in [6.45, 7) is 3.93. The first-order valence-corrected chi connectivity index (χ1v) is 9.41. The summed E-state index contributed by atoms with van der Waals surface area (Å²) in [5.41, 5.74) is 2.28. The monoisotopic (exact) mass is 362 g/mol. The highest BCUT2D eigenvalue weighted by atomic mass is 32.2. The molecule has 0 aliphatic rings. The van der Waals surface area contributed by atoms with E-state index in [-0.39, 0.29) is 22.3 Å². The Labute approximate surface area is 148 Å². The normalized spacial score (nSPS) is 12.5. The quantitative estimate of drug-likeness (QED) is 0.824. The number of carbonyl (C=O) groups is 1. The standard InChI is InChI=1S/C18H22N2O4S/c1-4-13-5-7-14(8-6-13)12(2)20-18(21)16-11-15(25(19,22)23)9-10-17(16)24-3/h5-12H,4H2,1-3H3,(H,20,21)(H2,19,22,23). The number of ether oxygens (including phenoxy) is 1. The second-order valence-electron chi connectivity index (χ2n) is 5.70. The van der Waals surface area contributed by atoms with Crippen LogP contribution < -0.4 is 15.2 Å². The van der Waals surface area contributed by atoms with Crippen LogP contribution in [0.25, 0.3) is 0 Å². The molecular weight excluding hydrogens is 340 g/mol. The average molecular weight is 362 g/mol. The fourth-order valence-electron chi connectivity index (χ4n) is 2.44. The summed E-state index contributed by atoms with van der Waals surface area (Å²) < 4.78 is 28.2. The number of nitrogens with two attached hydrogens (primary N) is 1. The van der Waals surface area contributed by atoms with Gasteiger partial charge in [0.15, 0.2) is 0 Å². The Bertz CT molecular complexity index is 861. The minimum Gasteiger partial charge on any atom is -0.496 e. The molecule has 1 amide bonds. The van der Waals surface area contributed by atoms with Crippen LogP contribution in [0.15, 0.2) is 47.4 Å². The number of sulfonamides is 1. The van der Waals surface area contributed by atoms with Crippen LogP contribution in [-0.2, 0) is 16.4 Å². The average Bonchev–Trinajstić information content (AvgIpc) is 2.60. The van der Waals surface area contributed by atoms with Crippen LogP contribution in [0.4, 0.5) is 0 Å². The zero-order valence-corrected chi connectivity index (χ0v) is 15.3. The van der Waals surface area contributed by atoms with Crippen molar-refractivity contribution >= 4 is 15.9 Å². The summed E-state index contributed by atoms with van der Waals surface area (Å²) in [7, 11) is -2.50. The largest absolute Gasteiger partial charge is 0.496 e. The summed E-state index contributed by atoms with van der Waals surface area (Å²) >= 11 is 0. The molecule has 0 aliphatic heterocycles. The van der Waals surface area contributed by atoms with Crippen molar-refractivity contribution in [2.24, 2.45) is 5.14 Å². The fraction of sp³-hybridized carbons (Fsp3) is 0.278. The highest BCUT2D eigenvalue weighted by Gasteiger charge is 2.19. The van der Waals surface area contributed by atoms with Gasteiger partial charge in [0.05, 0.1) is 23.6 Å². The number of benzene rings is 2. The molecule has 0 aromatic heterocycles. The maximum absolute atomic E-state index is 12.6. The number of aryl methyl sites for hydroxylation is 1. The Morgan fingerprint density at radius 2 is 1.84 bits per heavy atom. The van der Waals surface area contributed by atoms with Crippen LogP contribution in [0, 0.1) is 0 Å². The van der Waals surface area contributed by atoms with Crippen LogP contribution in [-0.4, -0.2) is 21.4 Å². The van der Waals surface area contributed by atoms with Gasteiger partial charge >= 0.3 is 0 Å². The van der Waals surface area contributed by atoms with Gasteiger partial charge in [0, 0.05) is 0 Å². The maximum atomic E-state index is 12.6. The molecule has 1 atom stereocenters. The van der Waals surface area contributed by atoms with Crippen LogP contribution in [0.5, 0.6) is 5.75 Å². The first-order valence-electron chi connectivity index (χ1n) is 7.86. The first-order chi connectivity index (χ1) is 11.8. The van der Waals surface area contributed by atoms with E-state index in [0.29, 0.717) is 0 Å². The van der Waals surface area contributed by atoms with E-state index < -0.39 is 15.9 Å². The number of methoxy groups -OCH3 is 1. The smallest absolute Gasteiger partial charge is 0.255 e. The highest BCUT2D eigenvalue weighted by Crippen LogP contribution is 2.23. The van der Waals surface area contributed by atoms with Crippen LogP contribution in [0.1, 0.15) is 41.4 Å². The van der Waals surface area contributed by atoms with Crippen molar-refractivity contribution < 1.29 is 17.9 Å². The zero-order valence-electron chi connectivity index (χ0n) is 14.4. The van der Waals surface area contributed by atoms with E-state index >= 15 is 0 Å². The molecule has 0 saturated carbocycles. The van der Waals surface area contributed by atoms with Crippen molar-refractivity contribution in [3.8, 4) is 5.75 Å². The van der Waals surface area contributed by atoms with E-state index in [1.54, 1.807) is 0 Å². The molecule has 0 fully saturated rings. The Kier molecular flexibility index (Phi) is 5.81. The predicted octanol–water partition coefficient (Wildman–Crippen LogP) is 2.40. The van der Waals surface area contributed by atoms with Crippen molar-refractivity contribution in [2.45, 2.75) is 31.2 Å². The SMILES string of the molecule is CCc1ccc(C(C)NC(=O)c2cc(S(N)(=O)=O)ccc2OC)cc1. The Balaban J connectivity index is 2.26. The van der Waals surface area contributed by atoms with Gasteiger partial charge in [-0.25, -0.2) is 13.6 Å². The molecule has 25 heavy (non-hydrogen) atoms. The van der Waals surface area contributed by atoms with Gasteiger partial charge in [0.25, 0.3) is 5.91 Å². The molecule has 6 nitrogen and oxygen atoms in total. The number of hydrogen-bond acceptors (Lipinski definition) is 4. The van der Waals surface area contributed by atoms with Gasteiger partial charge in [-0.1, -0.05) is 31.2 Å². The number of rotatable bonds is 6. The summed E-state index contributed by atoms with van der Waals surface area (Å²) in [5.74, 6) is -0.159. The van der Waals surface area contributed by atoms with E-state index in [1.807, 2.05) is 31.2 Å². The summed E-state index contributed by atoms with van der Waals surface area (Å²) in [6.07, 6.45) is 0.943. The van der Waals surface area contributed by atoms with E-state index in [4.69, 9.17) is 9.88 Å². The van der Waals surface area contributed by atoms with Gasteiger partial charge < -0.3 is 10.1 Å². The minimum atomic E-state index is -3.91. The molecule has 0 bridgehead atoms. The number of carbonyl (C=O) groups excluding carboxylic acids is 1. The predicted molar refractivity (Wildman–Crippen MR) is 96.1 cm³/mol. The van der Waals surface area contributed by atoms with Gasteiger partial charge in [-0.2, -0.15) is 0 Å². The number of primary sulfonamides is 1. The molecule has 2 rings (SSSR count). The number of hydrogen-bond donors (Lipinski definition) is 2. The van der Waals surface area contributed by atoms with Crippen molar-refractivity contribution in [1.82, 2.24) is 5.32 Å². The van der Waals surface area contributed by atoms with Crippen molar-refractivity contribution in [1.29, 1.82) is 0 Å². The molecule has 0 heterocycles. The molecule has 2 aromatic carbocycles. The van der Waals surface area contributed by atoms with E-state index in [1.165, 1.54) is 30.9 Å². The second kappa shape index (κ2) is 7.67. The van der Waals surface area contributed by atoms with Gasteiger partial charge in [0.1, 0.15) is 5.75 Å². The van der Waals surface area contributed by atoms with Crippen LogP contribution in [0.2, 0.25) is 0 Å². The van der Waals surface area contributed by atoms with E-state index in [0.717, 1.165) is 12.0 Å². The molecular formula is C18H22N2O4S. The number of nitrogens with one attached hydrogen (secondary N) is 1. The lowest BCUT2D eigenvalue weighted by atomic mass is 10.0. The van der Waals surface area contributed by atoms with Crippen molar-refractivity contribution in [2.75, 3.05) is 7.11 Å². The Morgan fingerprint density at radius 1 is 1.20 bits per heavy atom. The third-order valence-electron chi connectivity index (χ3n) is 3.98. The van der Waals surface area contributed by atoms with E-state index in [9.17, 15) is 13.2 Å². The lowest BCUT2D eigenvalue weighted by molar-refractivity contribution is 0.0936. The Morgan fingerprint density at radius 3 is 2.36 bits per heavy atom. The maximum Gasteiger partial charge on any atom is 0.255 e. The van der Waals surface area contributed by atoms with Gasteiger partial charge in [-0.3, -0.25) is 4.79 Å². The third kappa shape index (κ3) is 4.58. The molecule has 134 valence electrons. The molecule has 0 spiro atoms. The topological polar surface area (TPSA) is 98.5 Å². The van der Waals surface area contributed by atoms with Crippen LogP contribution in [0.3, 0.4) is 0 Å². The third-order valence-corrected chi connectivity index (χ3v) is 4.89. The molecule has 2 aromatic rings. The minimum absolute atomic E-state index is 0.117. The van der Waals surface area contributed by atoms with E-state index in [2.05, 4.69) is 12.2 Å². The molecule has 1 unspecified atom stereocenters. The lowest BCUT2D eigenvalue weighted by Gasteiger charge is -2.16. The molecule has 0 saturated heterocycles. The highest BCUT2D eigenvalue weighted by molar-refractivity contribution is 7.89. The Hall–Kier alpha value is -2.38. The molecule has 3 N–H and O–H groups in total. The molecule has 0 aliphatic carbocycles. The van der Waals surface area contributed by atoms with Crippen molar-refractivity contribution in [3.05, 3.63) is 59.2 Å². The molecule has 7 heteroatoms. The van der Waals surface area contributed by atoms with Gasteiger partial charge in [-0.15, -0.1) is 0 Å². The first kappa shape index (κ1) is 19.0. The summed E-state index contributed by atoms with van der Waals surface area (Å²) in [5, 5.41) is 7.99. The van der Waals surface area contributed by atoms with Gasteiger partial charge in [-0.05, 0) is 42.7 Å². The van der Waals surface area contributed by atoms with Gasteiger partial charge in [0.2, 0.25) is 10.0 Å². The second-order valence-corrected chi connectivity index (χ2v) is 7.26. The summed E-state index contributed by atoms with van der Waals surface area (Å²) in [4.78, 5) is 12.4. The fourth-order valence-corrected chi connectivity index (χ4v) is 2.98. The van der Waals surface area contributed by atoms with Crippen molar-refractivity contribution in [3.63, 3.8) is 0 Å². The lowest BCUT2D eigenvalue weighted by Crippen LogP contribution is -2.27. The number of amides is 1. The zero-order chi connectivity index (χ0) is 18.6.